The first-order valence-corrected chi connectivity index (χ1v) is 5.12. The molecular formula is C10H10Cl2O3. The molecule has 0 unspecified atom stereocenters. The number of ether oxygens (including phenoxy) is 1. The van der Waals surface area contributed by atoms with Crippen LogP contribution in [0.15, 0.2) is 12.1 Å². The van der Waals surface area contributed by atoms with E-state index in [0.717, 1.165) is 0 Å². The van der Waals surface area contributed by atoms with Gasteiger partial charge in [0.25, 0.3) is 0 Å². The van der Waals surface area contributed by atoms with Crippen molar-refractivity contribution < 1.29 is 14.6 Å². The lowest BCUT2D eigenvalue weighted by Crippen LogP contribution is -2.07. The van der Waals surface area contributed by atoms with Crippen molar-refractivity contribution in [1.82, 2.24) is 0 Å². The molecule has 0 atom stereocenters. The van der Waals surface area contributed by atoms with Gasteiger partial charge in [-0.25, -0.2) is 0 Å². The maximum absolute atomic E-state index is 11.2. The summed E-state index contributed by atoms with van der Waals surface area (Å²) in [5, 5.41) is 9.82. The Hall–Kier alpha value is -0.930. The van der Waals surface area contributed by atoms with E-state index in [0.29, 0.717) is 17.2 Å². The number of rotatable bonds is 3. The average molecular weight is 249 g/mol. The molecule has 0 fully saturated rings. The molecule has 1 N–H and O–H groups in total. The predicted octanol–water partition coefficient (Wildman–Crippen LogP) is 2.80. The number of esters is 1. The highest BCUT2D eigenvalue weighted by atomic mass is 35.5. The van der Waals surface area contributed by atoms with Gasteiger partial charge in [0.1, 0.15) is 5.75 Å². The van der Waals surface area contributed by atoms with Gasteiger partial charge in [0.15, 0.2) is 0 Å². The summed E-state index contributed by atoms with van der Waals surface area (Å²) in [5.74, 6) is -0.485. The van der Waals surface area contributed by atoms with E-state index >= 15 is 0 Å². The Balaban J connectivity index is 2.86. The number of phenols is 1. The molecular weight excluding hydrogens is 239 g/mol. The van der Waals surface area contributed by atoms with Gasteiger partial charge in [-0.1, -0.05) is 23.2 Å². The molecule has 0 amide bonds. The van der Waals surface area contributed by atoms with Crippen molar-refractivity contribution in [3.8, 4) is 5.75 Å². The number of hydrogen-bond acceptors (Lipinski definition) is 3. The van der Waals surface area contributed by atoms with E-state index in [2.05, 4.69) is 0 Å². The number of carbonyl (C=O) groups is 1. The Labute approximate surface area is 97.6 Å². The number of aromatic hydroxyl groups is 1. The lowest BCUT2D eigenvalue weighted by Gasteiger charge is -2.06. The van der Waals surface area contributed by atoms with Crippen LogP contribution in [0.1, 0.15) is 12.5 Å². The van der Waals surface area contributed by atoms with Gasteiger partial charge in [-0.05, 0) is 24.6 Å². The highest BCUT2D eigenvalue weighted by molar-refractivity contribution is 6.36. The highest BCUT2D eigenvalue weighted by Crippen LogP contribution is 2.30. The highest BCUT2D eigenvalue weighted by Gasteiger charge is 2.11. The van der Waals surface area contributed by atoms with Crippen molar-refractivity contribution >= 4 is 29.2 Å². The van der Waals surface area contributed by atoms with E-state index < -0.39 is 0 Å². The Kier molecular flexibility index (Phi) is 4.24. The molecule has 1 aromatic carbocycles. The maximum atomic E-state index is 11.2. The summed E-state index contributed by atoms with van der Waals surface area (Å²) in [6.07, 6.45) is 0.0252. The molecule has 5 heteroatoms. The Morgan fingerprint density at radius 3 is 2.67 bits per heavy atom. The van der Waals surface area contributed by atoms with E-state index in [1.165, 1.54) is 12.1 Å². The van der Waals surface area contributed by atoms with Crippen molar-refractivity contribution in [2.45, 2.75) is 13.3 Å². The van der Waals surface area contributed by atoms with E-state index in [-0.39, 0.29) is 23.2 Å². The van der Waals surface area contributed by atoms with Gasteiger partial charge in [-0.2, -0.15) is 0 Å². The second kappa shape index (κ2) is 5.24. The monoisotopic (exact) mass is 248 g/mol. The molecule has 1 rings (SSSR count). The summed E-state index contributed by atoms with van der Waals surface area (Å²) >= 11 is 11.5. The molecule has 15 heavy (non-hydrogen) atoms. The molecule has 0 aliphatic rings. The molecule has 3 nitrogen and oxygen atoms in total. The molecule has 0 bridgehead atoms. The zero-order chi connectivity index (χ0) is 11.4. The Morgan fingerprint density at radius 2 is 2.07 bits per heavy atom. The van der Waals surface area contributed by atoms with Gasteiger partial charge >= 0.3 is 5.97 Å². The van der Waals surface area contributed by atoms with Crippen LogP contribution >= 0.6 is 23.2 Å². The van der Waals surface area contributed by atoms with E-state index in [1.54, 1.807) is 6.92 Å². The van der Waals surface area contributed by atoms with E-state index in [9.17, 15) is 9.90 Å². The van der Waals surface area contributed by atoms with Gasteiger partial charge < -0.3 is 9.84 Å². The Bertz CT molecular complexity index is 377. The van der Waals surface area contributed by atoms with Crippen molar-refractivity contribution in [1.29, 1.82) is 0 Å². The second-order valence-corrected chi connectivity index (χ2v) is 3.69. The third-order valence-electron chi connectivity index (χ3n) is 1.76. The van der Waals surface area contributed by atoms with E-state index in [4.69, 9.17) is 27.9 Å². The van der Waals surface area contributed by atoms with Crippen LogP contribution in [-0.2, 0) is 16.0 Å². The summed E-state index contributed by atoms with van der Waals surface area (Å²) in [7, 11) is 0. The van der Waals surface area contributed by atoms with Gasteiger partial charge in [-0.3, -0.25) is 4.79 Å². The quantitative estimate of drug-likeness (QED) is 0.838. The Morgan fingerprint density at radius 1 is 1.40 bits per heavy atom. The van der Waals surface area contributed by atoms with Crippen LogP contribution in [0, 0.1) is 0 Å². The number of benzene rings is 1. The first kappa shape index (κ1) is 12.1. The number of phenolic OH excluding ortho intramolecular Hbond substituents is 1. The lowest BCUT2D eigenvalue weighted by atomic mass is 10.1. The average Bonchev–Trinajstić information content (AvgIpc) is 2.14. The largest absolute Gasteiger partial charge is 0.506 e. The maximum Gasteiger partial charge on any atom is 0.310 e. The normalized spacial score (nSPS) is 10.1. The van der Waals surface area contributed by atoms with Crippen molar-refractivity contribution in [3.63, 3.8) is 0 Å². The minimum Gasteiger partial charge on any atom is -0.506 e. The number of carbonyl (C=O) groups excluding carboxylic acids is 1. The van der Waals surface area contributed by atoms with E-state index in [1.807, 2.05) is 0 Å². The van der Waals surface area contributed by atoms with Crippen LogP contribution in [0.4, 0.5) is 0 Å². The fourth-order valence-corrected chi connectivity index (χ4v) is 1.53. The van der Waals surface area contributed by atoms with Gasteiger partial charge in [-0.15, -0.1) is 0 Å². The zero-order valence-electron chi connectivity index (χ0n) is 8.09. The molecule has 0 aromatic heterocycles. The van der Waals surface area contributed by atoms with Crippen molar-refractivity contribution in [2.75, 3.05) is 6.61 Å². The van der Waals surface area contributed by atoms with Gasteiger partial charge in [0, 0.05) is 5.02 Å². The van der Waals surface area contributed by atoms with Crippen LogP contribution in [0.25, 0.3) is 0 Å². The molecule has 1 aromatic rings. The summed E-state index contributed by atoms with van der Waals surface area (Å²) in [6, 6.07) is 2.76. The van der Waals surface area contributed by atoms with Crippen LogP contribution in [0.2, 0.25) is 10.0 Å². The molecule has 0 radical (unpaired) electrons. The van der Waals surface area contributed by atoms with Gasteiger partial charge in [0.2, 0.25) is 0 Å². The first-order chi connectivity index (χ1) is 7.04. The molecule has 0 saturated carbocycles. The lowest BCUT2D eigenvalue weighted by molar-refractivity contribution is -0.142. The molecule has 0 aliphatic heterocycles. The third-order valence-corrected chi connectivity index (χ3v) is 2.41. The van der Waals surface area contributed by atoms with Crippen LogP contribution in [0.3, 0.4) is 0 Å². The fourth-order valence-electron chi connectivity index (χ4n) is 1.08. The number of hydrogen-bond donors (Lipinski definition) is 1. The molecule has 0 heterocycles. The second-order valence-electron chi connectivity index (χ2n) is 2.88. The fraction of sp³-hybridized carbons (Fsp3) is 0.300. The minimum atomic E-state index is -0.388. The first-order valence-electron chi connectivity index (χ1n) is 4.37. The predicted molar refractivity (Wildman–Crippen MR) is 58.5 cm³/mol. The molecule has 0 spiro atoms. The summed E-state index contributed by atoms with van der Waals surface area (Å²) in [6.45, 7) is 2.04. The van der Waals surface area contributed by atoms with Crippen LogP contribution < -0.4 is 0 Å². The third kappa shape index (κ3) is 3.29. The molecule has 82 valence electrons. The molecule has 0 saturated heterocycles. The van der Waals surface area contributed by atoms with Gasteiger partial charge in [0.05, 0.1) is 18.1 Å². The summed E-state index contributed by atoms with van der Waals surface area (Å²) in [5.41, 5.74) is 0.497. The number of halogens is 2. The van der Waals surface area contributed by atoms with Crippen LogP contribution in [0.5, 0.6) is 5.75 Å². The van der Waals surface area contributed by atoms with Crippen molar-refractivity contribution in [3.05, 3.63) is 27.7 Å². The molecule has 0 aliphatic carbocycles. The summed E-state index contributed by atoms with van der Waals surface area (Å²) in [4.78, 5) is 11.2. The summed E-state index contributed by atoms with van der Waals surface area (Å²) < 4.78 is 4.76. The zero-order valence-corrected chi connectivity index (χ0v) is 9.60. The van der Waals surface area contributed by atoms with Crippen LogP contribution in [-0.4, -0.2) is 17.7 Å². The standard InChI is InChI=1S/C10H10Cl2O3/c1-2-15-10(14)4-6-3-9(13)8(12)5-7(6)11/h3,5,13H,2,4H2,1H3. The SMILES string of the molecule is CCOC(=O)Cc1cc(O)c(Cl)cc1Cl. The smallest absolute Gasteiger partial charge is 0.310 e. The topological polar surface area (TPSA) is 46.5 Å². The minimum absolute atomic E-state index is 0.0252. The van der Waals surface area contributed by atoms with Crippen molar-refractivity contribution in [2.24, 2.45) is 0 Å².